The zero-order chi connectivity index (χ0) is 16.7. The molecule has 0 bridgehead atoms. The highest BCUT2D eigenvalue weighted by Gasteiger charge is 2.37. The number of rotatable bonds is 2. The van der Waals surface area contributed by atoms with Crippen molar-refractivity contribution in [3.8, 4) is 0 Å². The largest absolute Gasteiger partial charge is 0.416 e. The smallest absolute Gasteiger partial charge is 0.207 e. The number of benzene rings is 1. The highest BCUT2D eigenvalue weighted by Crippen LogP contribution is 2.38. The van der Waals surface area contributed by atoms with E-state index in [9.17, 15) is 21.6 Å². The first-order valence-corrected chi connectivity index (χ1v) is 9.40. The summed E-state index contributed by atoms with van der Waals surface area (Å²) in [6.07, 6.45) is 0.956. The zero-order valence-corrected chi connectivity index (χ0v) is 13.5. The molecule has 7 heteroatoms. The van der Waals surface area contributed by atoms with Gasteiger partial charge in [0.2, 0.25) is 10.0 Å². The lowest BCUT2D eigenvalue weighted by Crippen LogP contribution is -2.44. The molecule has 2 fully saturated rings. The Hall–Kier alpha value is -1.08. The predicted molar refractivity (Wildman–Crippen MR) is 80.3 cm³/mol. The summed E-state index contributed by atoms with van der Waals surface area (Å²) in [5.41, 5.74) is -0.831. The van der Waals surface area contributed by atoms with Gasteiger partial charge in [-0.1, -0.05) is 19.3 Å². The number of halogens is 3. The van der Waals surface area contributed by atoms with Crippen LogP contribution in [0.3, 0.4) is 0 Å². The molecule has 1 saturated heterocycles. The van der Waals surface area contributed by atoms with Crippen LogP contribution in [-0.2, 0) is 16.2 Å². The van der Waals surface area contributed by atoms with Gasteiger partial charge >= 0.3 is 6.18 Å². The Morgan fingerprint density at radius 1 is 0.957 bits per heavy atom. The first-order valence-electron chi connectivity index (χ1n) is 7.96. The second-order valence-corrected chi connectivity index (χ2v) is 8.42. The number of hydrogen-bond acceptors (Lipinski definition) is 2. The molecule has 1 saturated carbocycles. The van der Waals surface area contributed by atoms with Gasteiger partial charge in [0.05, 0.1) is 10.5 Å². The monoisotopic (exact) mass is 347 g/mol. The molecule has 1 aromatic rings. The molecule has 0 spiro atoms. The third-order valence-corrected chi connectivity index (χ3v) is 6.95. The molecule has 1 aromatic carbocycles. The van der Waals surface area contributed by atoms with Gasteiger partial charge in [-0.05, 0) is 48.9 Å². The number of nitrogens with zero attached hydrogens (tertiary/aromatic N) is 1. The average Bonchev–Trinajstić information content (AvgIpc) is 2.53. The molecule has 3 nitrogen and oxygen atoms in total. The van der Waals surface area contributed by atoms with E-state index in [1.54, 1.807) is 0 Å². The van der Waals surface area contributed by atoms with Gasteiger partial charge < -0.3 is 0 Å². The average molecular weight is 347 g/mol. The van der Waals surface area contributed by atoms with E-state index < -0.39 is 21.8 Å². The number of sulfonamides is 1. The van der Waals surface area contributed by atoms with Crippen LogP contribution in [0.2, 0.25) is 0 Å². The molecule has 23 heavy (non-hydrogen) atoms. The van der Waals surface area contributed by atoms with E-state index >= 15 is 0 Å². The minimum atomic E-state index is -4.46. The van der Waals surface area contributed by atoms with E-state index in [-0.39, 0.29) is 4.90 Å². The molecule has 128 valence electrons. The molecule has 0 N–H and O–H groups in total. The number of alkyl halides is 3. The summed E-state index contributed by atoms with van der Waals surface area (Å²) in [6, 6.07) is 3.79. The Morgan fingerprint density at radius 2 is 1.57 bits per heavy atom. The van der Waals surface area contributed by atoms with Crippen molar-refractivity contribution >= 4 is 10.0 Å². The van der Waals surface area contributed by atoms with Crippen molar-refractivity contribution in [1.29, 1.82) is 0 Å². The quantitative estimate of drug-likeness (QED) is 0.813. The molecule has 2 atom stereocenters. The van der Waals surface area contributed by atoms with E-state index in [0.717, 1.165) is 43.5 Å². The molecule has 1 aliphatic carbocycles. The van der Waals surface area contributed by atoms with Crippen molar-refractivity contribution in [2.24, 2.45) is 11.8 Å². The Balaban J connectivity index is 1.78. The maximum atomic E-state index is 12.7. The Kier molecular flexibility index (Phi) is 4.44. The molecular weight excluding hydrogens is 327 g/mol. The lowest BCUT2D eigenvalue weighted by molar-refractivity contribution is -0.137. The summed E-state index contributed by atoms with van der Waals surface area (Å²) in [5.74, 6) is 0.990. The van der Waals surface area contributed by atoms with Gasteiger partial charge in [0.25, 0.3) is 0 Å². The van der Waals surface area contributed by atoms with E-state index in [1.807, 2.05) is 0 Å². The van der Waals surface area contributed by atoms with Crippen LogP contribution in [0.1, 0.15) is 37.7 Å². The highest BCUT2D eigenvalue weighted by molar-refractivity contribution is 7.89. The van der Waals surface area contributed by atoms with Gasteiger partial charge in [-0.2, -0.15) is 17.5 Å². The fourth-order valence-corrected chi connectivity index (χ4v) is 5.26. The van der Waals surface area contributed by atoms with Crippen LogP contribution in [0.15, 0.2) is 29.2 Å². The minimum absolute atomic E-state index is 0.0558. The van der Waals surface area contributed by atoms with Gasteiger partial charge in [-0.25, -0.2) is 8.42 Å². The van der Waals surface area contributed by atoms with Crippen LogP contribution in [0, 0.1) is 11.8 Å². The molecular formula is C16H20F3NO2S. The Morgan fingerprint density at radius 3 is 2.17 bits per heavy atom. The summed E-state index contributed by atoms with van der Waals surface area (Å²) in [6.45, 7) is 0.957. The summed E-state index contributed by atoms with van der Waals surface area (Å²) < 4.78 is 64.6. The Bertz CT molecular complexity index is 655. The molecule has 3 rings (SSSR count). The van der Waals surface area contributed by atoms with E-state index in [0.29, 0.717) is 24.9 Å². The molecule has 0 unspecified atom stereocenters. The summed E-state index contributed by atoms with van der Waals surface area (Å²) >= 11 is 0. The van der Waals surface area contributed by atoms with Gasteiger partial charge in [0.15, 0.2) is 0 Å². The number of piperidine rings is 1. The maximum Gasteiger partial charge on any atom is 0.416 e. The topological polar surface area (TPSA) is 37.4 Å². The normalized spacial score (nSPS) is 26.7. The fourth-order valence-electron chi connectivity index (χ4n) is 3.75. The lowest BCUT2D eigenvalue weighted by atomic mass is 9.76. The van der Waals surface area contributed by atoms with Crippen molar-refractivity contribution in [2.75, 3.05) is 13.1 Å². The van der Waals surface area contributed by atoms with Crippen LogP contribution in [-0.4, -0.2) is 25.8 Å². The van der Waals surface area contributed by atoms with E-state index in [2.05, 4.69) is 0 Å². The molecule has 1 aliphatic heterocycles. The van der Waals surface area contributed by atoms with Crippen LogP contribution >= 0.6 is 0 Å². The zero-order valence-electron chi connectivity index (χ0n) is 12.7. The van der Waals surface area contributed by atoms with Gasteiger partial charge in [-0.3, -0.25) is 0 Å². The van der Waals surface area contributed by atoms with Crippen molar-refractivity contribution in [2.45, 2.75) is 43.2 Å². The fraction of sp³-hybridized carbons (Fsp3) is 0.625. The highest BCUT2D eigenvalue weighted by atomic mass is 32.2. The van der Waals surface area contributed by atoms with Crippen LogP contribution < -0.4 is 0 Å². The lowest BCUT2D eigenvalue weighted by Gasteiger charge is -2.40. The molecule has 0 aromatic heterocycles. The number of hydrogen-bond donors (Lipinski definition) is 0. The van der Waals surface area contributed by atoms with Crippen molar-refractivity contribution in [3.63, 3.8) is 0 Å². The second kappa shape index (κ2) is 6.09. The second-order valence-electron chi connectivity index (χ2n) is 6.48. The molecule has 1 heterocycles. The molecule has 0 amide bonds. The van der Waals surface area contributed by atoms with Crippen LogP contribution in [0.25, 0.3) is 0 Å². The molecule has 0 radical (unpaired) electrons. The SMILES string of the molecule is O=S(=O)(c1ccc(C(F)(F)F)cc1)N1CC[C@@H]2CCCC[C@@H]2C1. The maximum absolute atomic E-state index is 12.7. The Labute approximate surface area is 134 Å². The van der Waals surface area contributed by atoms with Crippen molar-refractivity contribution in [1.82, 2.24) is 4.31 Å². The summed E-state index contributed by atoms with van der Waals surface area (Å²) in [4.78, 5) is -0.0558. The first-order chi connectivity index (χ1) is 10.8. The van der Waals surface area contributed by atoms with Gasteiger partial charge in [0.1, 0.15) is 0 Å². The van der Waals surface area contributed by atoms with E-state index in [4.69, 9.17) is 0 Å². The van der Waals surface area contributed by atoms with E-state index in [1.165, 1.54) is 17.1 Å². The van der Waals surface area contributed by atoms with Crippen molar-refractivity contribution in [3.05, 3.63) is 29.8 Å². The third kappa shape index (κ3) is 3.40. The van der Waals surface area contributed by atoms with Crippen LogP contribution in [0.4, 0.5) is 13.2 Å². The summed E-state index contributed by atoms with van der Waals surface area (Å²) in [7, 11) is -3.71. The predicted octanol–water partition coefficient (Wildman–Crippen LogP) is 3.91. The molecule has 2 aliphatic rings. The van der Waals surface area contributed by atoms with Crippen molar-refractivity contribution < 1.29 is 21.6 Å². The minimum Gasteiger partial charge on any atom is -0.207 e. The van der Waals surface area contributed by atoms with Crippen LogP contribution in [0.5, 0.6) is 0 Å². The summed E-state index contributed by atoms with van der Waals surface area (Å²) in [5, 5.41) is 0. The standard InChI is InChI=1S/C16H20F3NO2S/c17-16(18,19)14-5-7-15(8-6-14)23(21,22)20-10-9-12-3-1-2-4-13(12)11-20/h5-8,12-13H,1-4,9-11H2/t12-,13+/m0/s1. The van der Waals surface area contributed by atoms with Gasteiger partial charge in [0, 0.05) is 13.1 Å². The first kappa shape index (κ1) is 16.8. The number of fused-ring (bicyclic) bond motifs is 1. The van der Waals surface area contributed by atoms with Gasteiger partial charge in [-0.15, -0.1) is 0 Å². The third-order valence-electron chi connectivity index (χ3n) is 5.07.